The van der Waals surface area contributed by atoms with Crippen LogP contribution in [-0.4, -0.2) is 67.5 Å². The molecule has 1 amide bonds. The van der Waals surface area contributed by atoms with Crippen molar-refractivity contribution in [2.75, 3.05) is 26.7 Å². The fraction of sp³-hybridized carbons (Fsp3) is 0.367. The number of amides is 1. The number of ether oxygens (including phenoxy) is 1. The number of hydrogen-bond donors (Lipinski definition) is 1. The van der Waals surface area contributed by atoms with Gasteiger partial charge in [-0.25, -0.2) is 8.42 Å². The molecule has 0 saturated heterocycles. The number of aryl methyl sites for hydroxylation is 1. The molecule has 38 heavy (non-hydrogen) atoms. The standard InChI is InChI=1S/C30H36N2O5S/c1-21-13-15-25(16-14-21)38(35,36)31(4)18-29-22(2)17-32(23(3)19-33)30(34)28-12-8-7-11-27(28)26-10-6-5-9-24(26)20-37-29/h5-16,22-23,29,33H,17-20H2,1-4H3/t22-,23-,29-/m1/s1. The van der Waals surface area contributed by atoms with E-state index >= 15 is 0 Å². The van der Waals surface area contributed by atoms with E-state index in [0.717, 1.165) is 22.3 Å². The van der Waals surface area contributed by atoms with Crippen molar-refractivity contribution >= 4 is 15.9 Å². The number of nitrogens with zero attached hydrogens (tertiary/aromatic N) is 2. The Bertz CT molecular complexity index is 1370. The van der Waals surface area contributed by atoms with Gasteiger partial charge in [-0.2, -0.15) is 4.31 Å². The highest BCUT2D eigenvalue weighted by molar-refractivity contribution is 7.89. The quantitative estimate of drug-likeness (QED) is 0.507. The van der Waals surface area contributed by atoms with Gasteiger partial charge in [0, 0.05) is 31.6 Å². The van der Waals surface area contributed by atoms with Crippen LogP contribution in [0, 0.1) is 12.8 Å². The summed E-state index contributed by atoms with van der Waals surface area (Å²) in [5.74, 6) is -0.397. The maximum atomic E-state index is 13.9. The molecule has 1 heterocycles. The normalized spacial score (nSPS) is 19.4. The van der Waals surface area contributed by atoms with E-state index in [1.807, 2.05) is 69.3 Å². The van der Waals surface area contributed by atoms with Crippen LogP contribution in [-0.2, 0) is 21.4 Å². The summed E-state index contributed by atoms with van der Waals surface area (Å²) in [5.41, 5.74) is 4.15. The van der Waals surface area contributed by atoms with Crippen LogP contribution in [0.1, 0.15) is 35.3 Å². The zero-order valence-electron chi connectivity index (χ0n) is 22.4. The van der Waals surface area contributed by atoms with Crippen molar-refractivity contribution < 1.29 is 23.1 Å². The number of benzene rings is 3. The summed E-state index contributed by atoms with van der Waals surface area (Å²) in [4.78, 5) is 15.8. The van der Waals surface area contributed by atoms with Crippen LogP contribution in [0.25, 0.3) is 11.1 Å². The molecule has 1 aliphatic heterocycles. The molecule has 0 spiro atoms. The summed E-state index contributed by atoms with van der Waals surface area (Å²) in [5, 5.41) is 9.99. The molecule has 0 saturated carbocycles. The molecule has 1 N–H and O–H groups in total. The molecule has 0 bridgehead atoms. The maximum Gasteiger partial charge on any atom is 0.254 e. The van der Waals surface area contributed by atoms with Gasteiger partial charge in [0.15, 0.2) is 0 Å². The van der Waals surface area contributed by atoms with Crippen LogP contribution in [0.4, 0.5) is 0 Å². The van der Waals surface area contributed by atoms with E-state index in [1.54, 1.807) is 36.2 Å². The van der Waals surface area contributed by atoms with E-state index in [4.69, 9.17) is 4.74 Å². The van der Waals surface area contributed by atoms with E-state index in [1.165, 1.54) is 4.31 Å². The second-order valence-electron chi connectivity index (χ2n) is 10.1. The zero-order valence-corrected chi connectivity index (χ0v) is 23.2. The van der Waals surface area contributed by atoms with Gasteiger partial charge in [-0.15, -0.1) is 0 Å². The molecule has 8 heteroatoms. The average Bonchev–Trinajstić information content (AvgIpc) is 2.94. The Morgan fingerprint density at radius 2 is 1.61 bits per heavy atom. The molecule has 202 valence electrons. The van der Waals surface area contributed by atoms with Crippen molar-refractivity contribution in [1.29, 1.82) is 0 Å². The lowest BCUT2D eigenvalue weighted by molar-refractivity contribution is -0.0146. The van der Waals surface area contributed by atoms with Crippen LogP contribution in [0.5, 0.6) is 0 Å². The van der Waals surface area contributed by atoms with Crippen LogP contribution >= 0.6 is 0 Å². The third kappa shape index (κ3) is 5.83. The van der Waals surface area contributed by atoms with E-state index in [9.17, 15) is 18.3 Å². The Labute approximate surface area is 225 Å². The van der Waals surface area contributed by atoms with E-state index in [0.29, 0.717) is 12.1 Å². The summed E-state index contributed by atoms with van der Waals surface area (Å²) in [7, 11) is -2.18. The summed E-state index contributed by atoms with van der Waals surface area (Å²) < 4.78 is 34.5. The molecule has 7 nitrogen and oxygen atoms in total. The van der Waals surface area contributed by atoms with E-state index in [-0.39, 0.29) is 36.5 Å². The fourth-order valence-corrected chi connectivity index (χ4v) is 5.98. The van der Waals surface area contributed by atoms with Gasteiger partial charge >= 0.3 is 0 Å². The Morgan fingerprint density at radius 1 is 1.00 bits per heavy atom. The van der Waals surface area contributed by atoms with Gasteiger partial charge in [0.25, 0.3) is 5.91 Å². The molecule has 0 radical (unpaired) electrons. The summed E-state index contributed by atoms with van der Waals surface area (Å²) in [6.07, 6.45) is -0.504. The van der Waals surface area contributed by atoms with Crippen molar-refractivity contribution in [3.8, 4) is 11.1 Å². The SMILES string of the molecule is Cc1ccc(S(=O)(=O)N(C)C[C@H]2OCc3ccccc3-c3ccccc3C(=O)N([C@H](C)CO)C[C@H]2C)cc1. The number of aliphatic hydroxyl groups excluding tert-OH is 1. The molecular weight excluding hydrogens is 500 g/mol. The average molecular weight is 537 g/mol. The number of rotatable bonds is 6. The van der Waals surface area contributed by atoms with E-state index in [2.05, 4.69) is 0 Å². The first-order valence-electron chi connectivity index (χ1n) is 12.9. The maximum absolute atomic E-state index is 13.9. The van der Waals surface area contributed by atoms with Crippen LogP contribution in [0.3, 0.4) is 0 Å². The second kappa shape index (κ2) is 11.8. The highest BCUT2D eigenvalue weighted by atomic mass is 32.2. The smallest absolute Gasteiger partial charge is 0.254 e. The predicted molar refractivity (Wildman–Crippen MR) is 148 cm³/mol. The second-order valence-corrected chi connectivity index (χ2v) is 12.2. The van der Waals surface area contributed by atoms with Gasteiger partial charge in [-0.3, -0.25) is 4.79 Å². The summed E-state index contributed by atoms with van der Waals surface area (Å²) in [6, 6.07) is 21.6. The number of aliphatic hydroxyl groups is 1. The molecule has 1 aliphatic rings. The number of likely N-dealkylation sites (N-methyl/N-ethyl adjacent to an activating group) is 1. The minimum Gasteiger partial charge on any atom is -0.394 e. The summed E-state index contributed by atoms with van der Waals surface area (Å²) >= 11 is 0. The Balaban J connectivity index is 1.73. The fourth-order valence-electron chi connectivity index (χ4n) is 4.79. The van der Waals surface area contributed by atoms with Crippen molar-refractivity contribution in [2.24, 2.45) is 5.92 Å². The molecule has 0 aliphatic carbocycles. The molecule has 3 aromatic carbocycles. The monoisotopic (exact) mass is 536 g/mol. The van der Waals surface area contributed by atoms with Gasteiger partial charge in [-0.1, -0.05) is 67.1 Å². The van der Waals surface area contributed by atoms with E-state index < -0.39 is 22.2 Å². The lowest BCUT2D eigenvalue weighted by atomic mass is 9.94. The van der Waals surface area contributed by atoms with Crippen LogP contribution in [0.2, 0.25) is 0 Å². The van der Waals surface area contributed by atoms with Gasteiger partial charge in [0.1, 0.15) is 0 Å². The third-order valence-corrected chi connectivity index (χ3v) is 9.10. The largest absolute Gasteiger partial charge is 0.394 e. The van der Waals surface area contributed by atoms with Gasteiger partial charge in [0.05, 0.1) is 30.3 Å². The first-order chi connectivity index (χ1) is 18.1. The predicted octanol–water partition coefficient (Wildman–Crippen LogP) is 4.34. The molecule has 0 aromatic heterocycles. The zero-order chi connectivity index (χ0) is 27.4. The summed E-state index contributed by atoms with van der Waals surface area (Å²) in [6.45, 7) is 6.17. The van der Waals surface area contributed by atoms with Gasteiger partial charge in [0.2, 0.25) is 10.0 Å². The Hall–Kier alpha value is -3.04. The number of sulfonamides is 1. The van der Waals surface area contributed by atoms with Gasteiger partial charge in [-0.05, 0) is 48.7 Å². The van der Waals surface area contributed by atoms with Crippen molar-refractivity contribution in [1.82, 2.24) is 9.21 Å². The topological polar surface area (TPSA) is 87.2 Å². The first-order valence-corrected chi connectivity index (χ1v) is 14.3. The molecule has 0 fully saturated rings. The number of carbonyl (C=O) groups excluding carboxylic acids is 1. The number of hydrogen-bond acceptors (Lipinski definition) is 5. The van der Waals surface area contributed by atoms with Crippen LogP contribution < -0.4 is 0 Å². The lowest BCUT2D eigenvalue weighted by Gasteiger charge is -2.35. The van der Waals surface area contributed by atoms with Crippen molar-refractivity contribution in [3.05, 3.63) is 89.5 Å². The number of carbonyl (C=O) groups is 1. The third-order valence-electron chi connectivity index (χ3n) is 7.26. The molecule has 4 rings (SSSR count). The molecule has 3 aromatic rings. The molecule has 3 atom stereocenters. The van der Waals surface area contributed by atoms with Crippen molar-refractivity contribution in [2.45, 2.75) is 44.4 Å². The molecule has 0 unspecified atom stereocenters. The minimum atomic E-state index is -3.74. The van der Waals surface area contributed by atoms with Crippen LogP contribution in [0.15, 0.2) is 77.7 Å². The highest BCUT2D eigenvalue weighted by Gasteiger charge is 2.32. The molecular formula is C30H36N2O5S. The lowest BCUT2D eigenvalue weighted by Crippen LogP contribution is -2.47. The highest BCUT2D eigenvalue weighted by Crippen LogP contribution is 2.31. The number of fused-ring (bicyclic) bond motifs is 3. The van der Waals surface area contributed by atoms with Gasteiger partial charge < -0.3 is 14.7 Å². The first kappa shape index (κ1) is 28.0. The Kier molecular flexibility index (Phi) is 8.67. The minimum absolute atomic E-state index is 0.113. The van der Waals surface area contributed by atoms with Crippen molar-refractivity contribution in [3.63, 3.8) is 0 Å². The Morgan fingerprint density at radius 3 is 2.26 bits per heavy atom.